The van der Waals surface area contributed by atoms with E-state index >= 15 is 0 Å². The number of carbonyl (C=O) groups excluding carboxylic acids is 1. The summed E-state index contributed by atoms with van der Waals surface area (Å²) in [7, 11) is 1.64. The quantitative estimate of drug-likeness (QED) is 0.862. The fraction of sp³-hybridized carbons (Fsp3) is 0.611. The summed E-state index contributed by atoms with van der Waals surface area (Å²) in [5.41, 5.74) is 2.08. The summed E-state index contributed by atoms with van der Waals surface area (Å²) in [6.45, 7) is 7.81. The standard InChI is InChI=1S/C18H28N2O3/c1-4-16(21)13-19-7-9-20(10-8-19)18(22)12-15-11-14(2)5-6-17(15)23-3/h5-6,11,16,21H,4,7-10,12-13H2,1-3H3/t16-/m0/s1. The molecule has 0 saturated carbocycles. The number of benzene rings is 1. The first-order chi connectivity index (χ1) is 11.0. The average Bonchev–Trinajstić information content (AvgIpc) is 2.55. The first kappa shape index (κ1) is 17.8. The molecular weight excluding hydrogens is 292 g/mol. The van der Waals surface area contributed by atoms with Crippen LogP contribution in [0, 0.1) is 6.92 Å². The highest BCUT2D eigenvalue weighted by Gasteiger charge is 2.23. The van der Waals surface area contributed by atoms with E-state index in [9.17, 15) is 9.90 Å². The Morgan fingerprint density at radius 2 is 2.00 bits per heavy atom. The van der Waals surface area contributed by atoms with Crippen LogP contribution in [-0.2, 0) is 11.2 Å². The van der Waals surface area contributed by atoms with E-state index < -0.39 is 0 Å². The van der Waals surface area contributed by atoms with Crippen LogP contribution in [0.5, 0.6) is 5.75 Å². The van der Waals surface area contributed by atoms with Crippen molar-refractivity contribution in [2.75, 3.05) is 39.8 Å². The molecule has 0 unspecified atom stereocenters. The van der Waals surface area contributed by atoms with Gasteiger partial charge in [0.05, 0.1) is 19.6 Å². The third-order valence-corrected chi connectivity index (χ3v) is 4.44. The summed E-state index contributed by atoms with van der Waals surface area (Å²) >= 11 is 0. The van der Waals surface area contributed by atoms with Crippen molar-refractivity contribution in [2.24, 2.45) is 0 Å². The van der Waals surface area contributed by atoms with E-state index in [-0.39, 0.29) is 12.0 Å². The Morgan fingerprint density at radius 1 is 1.30 bits per heavy atom. The fourth-order valence-electron chi connectivity index (χ4n) is 2.93. The molecule has 0 aliphatic carbocycles. The van der Waals surface area contributed by atoms with Gasteiger partial charge in [-0.15, -0.1) is 0 Å². The maximum absolute atomic E-state index is 12.5. The lowest BCUT2D eigenvalue weighted by Gasteiger charge is -2.35. The number of nitrogens with zero attached hydrogens (tertiary/aromatic N) is 2. The van der Waals surface area contributed by atoms with Gasteiger partial charge in [0.1, 0.15) is 5.75 Å². The van der Waals surface area contributed by atoms with Crippen molar-refractivity contribution in [1.82, 2.24) is 9.80 Å². The van der Waals surface area contributed by atoms with E-state index in [4.69, 9.17) is 4.74 Å². The van der Waals surface area contributed by atoms with Gasteiger partial charge in [-0.2, -0.15) is 0 Å². The molecule has 0 spiro atoms. The number of ether oxygens (including phenoxy) is 1. The normalized spacial score (nSPS) is 17.1. The molecular formula is C18H28N2O3. The molecule has 0 radical (unpaired) electrons. The Morgan fingerprint density at radius 3 is 2.61 bits per heavy atom. The molecule has 2 rings (SSSR count). The third-order valence-electron chi connectivity index (χ3n) is 4.44. The van der Waals surface area contributed by atoms with Crippen LogP contribution in [0.25, 0.3) is 0 Å². The highest BCUT2D eigenvalue weighted by atomic mass is 16.5. The average molecular weight is 320 g/mol. The van der Waals surface area contributed by atoms with Crippen molar-refractivity contribution in [3.8, 4) is 5.75 Å². The van der Waals surface area contributed by atoms with Crippen LogP contribution in [0.1, 0.15) is 24.5 Å². The van der Waals surface area contributed by atoms with Crippen molar-refractivity contribution in [1.29, 1.82) is 0 Å². The molecule has 1 saturated heterocycles. The van der Waals surface area contributed by atoms with Gasteiger partial charge in [0.15, 0.2) is 0 Å². The Kier molecular flexibility index (Phi) is 6.42. The van der Waals surface area contributed by atoms with Gasteiger partial charge < -0.3 is 14.7 Å². The van der Waals surface area contributed by atoms with Crippen molar-refractivity contribution >= 4 is 5.91 Å². The predicted octanol–water partition coefficient (Wildman–Crippen LogP) is 1.46. The largest absolute Gasteiger partial charge is 0.496 e. The zero-order valence-electron chi connectivity index (χ0n) is 14.4. The zero-order valence-corrected chi connectivity index (χ0v) is 14.4. The first-order valence-corrected chi connectivity index (χ1v) is 8.35. The maximum Gasteiger partial charge on any atom is 0.227 e. The molecule has 23 heavy (non-hydrogen) atoms. The van der Waals surface area contributed by atoms with Crippen LogP contribution in [0.15, 0.2) is 18.2 Å². The van der Waals surface area contributed by atoms with Crippen LogP contribution in [0.3, 0.4) is 0 Å². The van der Waals surface area contributed by atoms with Crippen molar-refractivity contribution < 1.29 is 14.6 Å². The third kappa shape index (κ3) is 4.94. The molecule has 5 nitrogen and oxygen atoms in total. The number of hydrogen-bond acceptors (Lipinski definition) is 4. The molecule has 1 aliphatic heterocycles. The molecule has 1 aliphatic rings. The molecule has 1 heterocycles. The number of piperazine rings is 1. The van der Waals surface area contributed by atoms with E-state index in [0.717, 1.165) is 49.5 Å². The molecule has 0 aromatic heterocycles. The van der Waals surface area contributed by atoms with Crippen LogP contribution in [0.4, 0.5) is 0 Å². The van der Waals surface area contributed by atoms with Gasteiger partial charge in [-0.05, 0) is 19.4 Å². The minimum atomic E-state index is -0.270. The topological polar surface area (TPSA) is 53.0 Å². The van der Waals surface area contributed by atoms with Gasteiger partial charge in [0, 0.05) is 38.3 Å². The van der Waals surface area contributed by atoms with E-state index in [1.54, 1.807) is 7.11 Å². The fourth-order valence-corrected chi connectivity index (χ4v) is 2.93. The van der Waals surface area contributed by atoms with Gasteiger partial charge in [-0.1, -0.05) is 24.6 Å². The zero-order chi connectivity index (χ0) is 16.8. The van der Waals surface area contributed by atoms with Gasteiger partial charge in [0.2, 0.25) is 5.91 Å². The number of carbonyl (C=O) groups is 1. The summed E-state index contributed by atoms with van der Waals surface area (Å²) in [4.78, 5) is 16.7. The highest BCUT2D eigenvalue weighted by molar-refractivity contribution is 5.79. The highest BCUT2D eigenvalue weighted by Crippen LogP contribution is 2.21. The molecule has 5 heteroatoms. The number of aryl methyl sites for hydroxylation is 1. The Labute approximate surface area is 138 Å². The number of hydrogen-bond donors (Lipinski definition) is 1. The van der Waals surface area contributed by atoms with Gasteiger partial charge in [-0.25, -0.2) is 0 Å². The summed E-state index contributed by atoms with van der Waals surface area (Å²) in [6.07, 6.45) is 0.878. The number of aliphatic hydroxyl groups is 1. The van der Waals surface area contributed by atoms with Gasteiger partial charge >= 0.3 is 0 Å². The Hall–Kier alpha value is -1.59. The van der Waals surface area contributed by atoms with Gasteiger partial charge in [0.25, 0.3) is 0 Å². The summed E-state index contributed by atoms with van der Waals surface area (Å²) in [6, 6.07) is 5.93. The molecule has 1 aromatic rings. The number of amides is 1. The van der Waals surface area contributed by atoms with E-state index in [1.165, 1.54) is 0 Å². The van der Waals surface area contributed by atoms with E-state index in [1.807, 2.05) is 36.9 Å². The lowest BCUT2D eigenvalue weighted by atomic mass is 10.1. The van der Waals surface area contributed by atoms with Crippen molar-refractivity contribution in [2.45, 2.75) is 32.8 Å². The lowest BCUT2D eigenvalue weighted by Crippen LogP contribution is -2.50. The SMILES string of the molecule is CC[C@H](O)CN1CCN(C(=O)Cc2cc(C)ccc2OC)CC1. The molecule has 1 aromatic carbocycles. The minimum Gasteiger partial charge on any atom is -0.496 e. The van der Waals surface area contributed by atoms with Crippen molar-refractivity contribution in [3.05, 3.63) is 29.3 Å². The number of β-amino-alcohol motifs (C(OH)–C–C–N with tert-alkyl or cyclic N) is 1. The maximum atomic E-state index is 12.5. The molecule has 1 N–H and O–H groups in total. The number of aliphatic hydroxyl groups excluding tert-OH is 1. The second-order valence-corrected chi connectivity index (χ2v) is 6.24. The first-order valence-electron chi connectivity index (χ1n) is 8.35. The second-order valence-electron chi connectivity index (χ2n) is 6.24. The van der Waals surface area contributed by atoms with Crippen LogP contribution in [-0.4, -0.2) is 66.8 Å². The minimum absolute atomic E-state index is 0.143. The lowest BCUT2D eigenvalue weighted by molar-refractivity contribution is -0.132. The second kappa shape index (κ2) is 8.31. The summed E-state index contributed by atoms with van der Waals surface area (Å²) in [5, 5.41) is 9.73. The van der Waals surface area contributed by atoms with Gasteiger partial charge in [-0.3, -0.25) is 9.69 Å². The number of rotatable bonds is 6. The monoisotopic (exact) mass is 320 g/mol. The van der Waals surface area contributed by atoms with Crippen LogP contribution >= 0.6 is 0 Å². The summed E-state index contributed by atoms with van der Waals surface area (Å²) < 4.78 is 5.35. The number of methoxy groups -OCH3 is 1. The van der Waals surface area contributed by atoms with Crippen LogP contribution < -0.4 is 4.74 Å². The van der Waals surface area contributed by atoms with E-state index in [2.05, 4.69) is 4.90 Å². The smallest absolute Gasteiger partial charge is 0.227 e. The van der Waals surface area contributed by atoms with E-state index in [0.29, 0.717) is 13.0 Å². The Balaban J connectivity index is 1.89. The molecule has 0 bridgehead atoms. The predicted molar refractivity (Wildman–Crippen MR) is 90.8 cm³/mol. The van der Waals surface area contributed by atoms with Crippen molar-refractivity contribution in [3.63, 3.8) is 0 Å². The molecule has 1 atom stereocenters. The Bertz CT molecular complexity index is 525. The molecule has 128 valence electrons. The molecule has 1 fully saturated rings. The van der Waals surface area contributed by atoms with Crippen LogP contribution in [0.2, 0.25) is 0 Å². The molecule has 1 amide bonds. The summed E-state index contributed by atoms with van der Waals surface area (Å²) in [5.74, 6) is 0.915.